The molecule has 3 heteroatoms. The van der Waals surface area contributed by atoms with E-state index < -0.39 is 0 Å². The third-order valence-electron chi connectivity index (χ3n) is 2.68. The van der Waals surface area contributed by atoms with E-state index in [-0.39, 0.29) is 0 Å². The molecule has 0 aliphatic carbocycles. The number of benzene rings is 1. The molecule has 0 saturated carbocycles. The van der Waals surface area contributed by atoms with Crippen molar-refractivity contribution < 1.29 is 0 Å². The molecule has 0 aliphatic heterocycles. The predicted molar refractivity (Wildman–Crippen MR) is 82.3 cm³/mol. The van der Waals surface area contributed by atoms with Crippen LogP contribution in [-0.2, 0) is 0 Å². The molecule has 1 rings (SSSR count). The highest BCUT2D eigenvalue weighted by molar-refractivity contribution is 9.11. The largest absolute Gasteiger partial charge is 0.310 e. The zero-order valence-corrected chi connectivity index (χ0v) is 13.9. The lowest BCUT2D eigenvalue weighted by Crippen LogP contribution is -2.24. The average molecular weight is 363 g/mol. The normalized spacial score (nSPS) is 13.1. The Bertz CT molecular complexity index is 350. The summed E-state index contributed by atoms with van der Waals surface area (Å²) in [7, 11) is 0. The molecule has 0 bridgehead atoms. The molecule has 17 heavy (non-hydrogen) atoms. The third-order valence-corrected chi connectivity index (χ3v) is 3.90. The Kier molecular flexibility index (Phi) is 6.75. The molecule has 1 aromatic rings. The first-order valence-corrected chi connectivity index (χ1v) is 7.81. The van der Waals surface area contributed by atoms with E-state index >= 15 is 0 Å². The van der Waals surface area contributed by atoms with Crippen molar-refractivity contribution in [1.82, 2.24) is 5.32 Å². The standard InChI is InChI=1S/C14H21Br2N/c1-4-7-17-14(8-10(2)3)12-9-11(15)5-6-13(12)16/h5-6,9-10,14,17H,4,7-8H2,1-3H3. The van der Waals surface area contributed by atoms with Crippen LogP contribution in [0.3, 0.4) is 0 Å². The third kappa shape index (κ3) is 5.11. The van der Waals surface area contributed by atoms with Gasteiger partial charge in [-0.05, 0) is 49.1 Å². The number of hydrogen-bond acceptors (Lipinski definition) is 1. The van der Waals surface area contributed by atoms with Crippen LogP contribution in [0.15, 0.2) is 27.1 Å². The summed E-state index contributed by atoms with van der Waals surface area (Å²) in [5.74, 6) is 0.690. The molecule has 1 aromatic carbocycles. The van der Waals surface area contributed by atoms with E-state index in [1.165, 1.54) is 16.5 Å². The number of rotatable bonds is 6. The Hall–Kier alpha value is 0.140. The van der Waals surface area contributed by atoms with Crippen LogP contribution in [0.5, 0.6) is 0 Å². The maximum absolute atomic E-state index is 3.65. The molecule has 1 unspecified atom stereocenters. The van der Waals surface area contributed by atoms with Crippen molar-refractivity contribution in [3.63, 3.8) is 0 Å². The molecule has 0 spiro atoms. The molecule has 0 heterocycles. The van der Waals surface area contributed by atoms with Gasteiger partial charge in [0.15, 0.2) is 0 Å². The Labute approximate surface area is 122 Å². The summed E-state index contributed by atoms with van der Waals surface area (Å²) >= 11 is 7.20. The monoisotopic (exact) mass is 361 g/mol. The van der Waals surface area contributed by atoms with Crippen LogP contribution in [0.4, 0.5) is 0 Å². The Morgan fingerprint density at radius 3 is 2.53 bits per heavy atom. The highest BCUT2D eigenvalue weighted by Crippen LogP contribution is 2.30. The minimum absolute atomic E-state index is 0.432. The Morgan fingerprint density at radius 1 is 1.24 bits per heavy atom. The molecule has 0 radical (unpaired) electrons. The van der Waals surface area contributed by atoms with Gasteiger partial charge in [0.2, 0.25) is 0 Å². The lowest BCUT2D eigenvalue weighted by molar-refractivity contribution is 0.429. The fraction of sp³-hybridized carbons (Fsp3) is 0.571. The number of nitrogens with one attached hydrogen (secondary N) is 1. The van der Waals surface area contributed by atoms with Gasteiger partial charge in [0, 0.05) is 15.0 Å². The molecule has 1 N–H and O–H groups in total. The predicted octanol–water partition coefficient (Wildman–Crippen LogP) is 5.30. The van der Waals surface area contributed by atoms with Crippen LogP contribution < -0.4 is 5.32 Å². The van der Waals surface area contributed by atoms with Crippen LogP contribution >= 0.6 is 31.9 Å². The van der Waals surface area contributed by atoms with Gasteiger partial charge in [-0.25, -0.2) is 0 Å². The van der Waals surface area contributed by atoms with Crippen molar-refractivity contribution in [3.8, 4) is 0 Å². The minimum Gasteiger partial charge on any atom is -0.310 e. The molecule has 0 aromatic heterocycles. The van der Waals surface area contributed by atoms with Crippen LogP contribution in [0.1, 0.15) is 45.2 Å². The highest BCUT2D eigenvalue weighted by atomic mass is 79.9. The maximum atomic E-state index is 3.65. The fourth-order valence-electron chi connectivity index (χ4n) is 1.89. The van der Waals surface area contributed by atoms with Crippen molar-refractivity contribution in [1.29, 1.82) is 0 Å². The van der Waals surface area contributed by atoms with E-state index in [4.69, 9.17) is 0 Å². The molecule has 0 fully saturated rings. The van der Waals surface area contributed by atoms with Crippen molar-refractivity contribution in [3.05, 3.63) is 32.7 Å². The quantitative estimate of drug-likeness (QED) is 0.724. The molecule has 0 saturated heterocycles. The van der Waals surface area contributed by atoms with Gasteiger partial charge in [-0.2, -0.15) is 0 Å². The van der Waals surface area contributed by atoms with Crippen molar-refractivity contribution in [2.24, 2.45) is 5.92 Å². The van der Waals surface area contributed by atoms with Crippen LogP contribution in [0, 0.1) is 5.92 Å². The minimum atomic E-state index is 0.432. The lowest BCUT2D eigenvalue weighted by Gasteiger charge is -2.22. The van der Waals surface area contributed by atoms with Gasteiger partial charge in [-0.1, -0.05) is 52.6 Å². The first-order valence-electron chi connectivity index (χ1n) is 6.23. The summed E-state index contributed by atoms with van der Waals surface area (Å²) < 4.78 is 2.33. The van der Waals surface area contributed by atoms with Gasteiger partial charge in [-0.15, -0.1) is 0 Å². The lowest BCUT2D eigenvalue weighted by atomic mass is 9.97. The fourth-order valence-corrected chi connectivity index (χ4v) is 2.79. The second-order valence-corrected chi connectivity index (χ2v) is 6.57. The smallest absolute Gasteiger partial charge is 0.0334 e. The van der Waals surface area contributed by atoms with E-state index in [1.807, 2.05) is 0 Å². The van der Waals surface area contributed by atoms with E-state index in [0.717, 1.165) is 17.4 Å². The zero-order valence-electron chi connectivity index (χ0n) is 10.8. The second kappa shape index (κ2) is 7.55. The average Bonchev–Trinajstić information content (AvgIpc) is 2.27. The summed E-state index contributed by atoms with van der Waals surface area (Å²) in [5.41, 5.74) is 1.35. The van der Waals surface area contributed by atoms with Gasteiger partial charge in [0.1, 0.15) is 0 Å². The second-order valence-electron chi connectivity index (χ2n) is 4.80. The van der Waals surface area contributed by atoms with Gasteiger partial charge < -0.3 is 5.32 Å². The van der Waals surface area contributed by atoms with Gasteiger partial charge in [-0.3, -0.25) is 0 Å². The van der Waals surface area contributed by atoms with Crippen molar-refractivity contribution in [2.45, 2.75) is 39.7 Å². The zero-order chi connectivity index (χ0) is 12.8. The summed E-state index contributed by atoms with van der Waals surface area (Å²) in [6.07, 6.45) is 2.33. The van der Waals surface area contributed by atoms with Gasteiger partial charge >= 0.3 is 0 Å². The molecule has 0 aliphatic rings. The topological polar surface area (TPSA) is 12.0 Å². The van der Waals surface area contributed by atoms with E-state index in [0.29, 0.717) is 12.0 Å². The van der Waals surface area contributed by atoms with Crippen molar-refractivity contribution >= 4 is 31.9 Å². The van der Waals surface area contributed by atoms with Crippen LogP contribution in [0.25, 0.3) is 0 Å². The van der Waals surface area contributed by atoms with E-state index in [2.05, 4.69) is 76.1 Å². The molecular formula is C14H21Br2N. The van der Waals surface area contributed by atoms with Gasteiger partial charge in [0.25, 0.3) is 0 Å². The Morgan fingerprint density at radius 2 is 1.94 bits per heavy atom. The SMILES string of the molecule is CCCNC(CC(C)C)c1cc(Br)ccc1Br. The molecule has 1 nitrogen and oxygen atoms in total. The van der Waals surface area contributed by atoms with Crippen molar-refractivity contribution in [2.75, 3.05) is 6.54 Å². The summed E-state index contributed by atoms with van der Waals surface area (Å²) in [5, 5.41) is 3.63. The summed E-state index contributed by atoms with van der Waals surface area (Å²) in [6, 6.07) is 6.82. The number of hydrogen-bond donors (Lipinski definition) is 1. The Balaban J connectivity index is 2.90. The first-order chi connectivity index (χ1) is 8.04. The van der Waals surface area contributed by atoms with Crippen LogP contribution in [0.2, 0.25) is 0 Å². The van der Waals surface area contributed by atoms with E-state index in [1.54, 1.807) is 0 Å². The molecule has 0 amide bonds. The molecule has 96 valence electrons. The summed E-state index contributed by atoms with van der Waals surface area (Å²) in [4.78, 5) is 0. The first kappa shape index (κ1) is 15.2. The molecule has 1 atom stereocenters. The molecular weight excluding hydrogens is 342 g/mol. The maximum Gasteiger partial charge on any atom is 0.0334 e. The van der Waals surface area contributed by atoms with E-state index in [9.17, 15) is 0 Å². The highest BCUT2D eigenvalue weighted by Gasteiger charge is 2.15. The van der Waals surface area contributed by atoms with Gasteiger partial charge in [0.05, 0.1) is 0 Å². The summed E-state index contributed by atoms with van der Waals surface area (Å²) in [6.45, 7) is 7.81. The number of halogens is 2. The van der Waals surface area contributed by atoms with Crippen LogP contribution in [-0.4, -0.2) is 6.54 Å².